The highest BCUT2D eigenvalue weighted by Crippen LogP contribution is 2.21. The summed E-state index contributed by atoms with van der Waals surface area (Å²) in [6.07, 6.45) is 0.708. The van der Waals surface area contributed by atoms with Gasteiger partial charge in [-0.15, -0.1) is 0 Å². The fraction of sp³-hybridized carbons (Fsp3) is 0.500. The van der Waals surface area contributed by atoms with Crippen LogP contribution in [0.3, 0.4) is 0 Å². The third kappa shape index (κ3) is 5.06. The average Bonchev–Trinajstić information content (AvgIpc) is 2.25. The third-order valence-electron chi connectivity index (χ3n) is 2.49. The Bertz CT molecular complexity index is 535. The van der Waals surface area contributed by atoms with Crippen LogP contribution in [0.2, 0.25) is 5.02 Å². The first-order valence-electron chi connectivity index (χ1n) is 5.92. The van der Waals surface area contributed by atoms with E-state index in [0.717, 1.165) is 18.2 Å². The van der Waals surface area contributed by atoms with Gasteiger partial charge in [0, 0.05) is 12.6 Å². The van der Waals surface area contributed by atoms with Crippen molar-refractivity contribution in [1.82, 2.24) is 4.72 Å². The summed E-state index contributed by atoms with van der Waals surface area (Å²) >= 11 is 5.72. The van der Waals surface area contributed by atoms with Crippen LogP contribution < -0.4 is 10.5 Å². The van der Waals surface area contributed by atoms with Crippen LogP contribution in [-0.2, 0) is 10.0 Å². The molecule has 1 atom stereocenters. The second-order valence-electron chi connectivity index (χ2n) is 4.82. The number of nitrogens with one attached hydrogen (secondary N) is 1. The Kier molecular flexibility index (Phi) is 5.73. The predicted octanol–water partition coefficient (Wildman–Crippen LogP) is 2.13. The molecule has 7 heteroatoms. The zero-order valence-corrected chi connectivity index (χ0v) is 12.4. The second-order valence-corrected chi connectivity index (χ2v) is 6.96. The molecule has 0 radical (unpaired) electrons. The van der Waals surface area contributed by atoms with E-state index in [2.05, 4.69) is 4.72 Å². The largest absolute Gasteiger partial charge is 0.327 e. The van der Waals surface area contributed by atoms with Crippen LogP contribution >= 0.6 is 11.6 Å². The number of rotatable bonds is 6. The normalized spacial score (nSPS) is 13.8. The highest BCUT2D eigenvalue weighted by Gasteiger charge is 2.19. The van der Waals surface area contributed by atoms with E-state index in [4.69, 9.17) is 17.3 Å². The van der Waals surface area contributed by atoms with Gasteiger partial charge < -0.3 is 5.73 Å². The van der Waals surface area contributed by atoms with Crippen molar-refractivity contribution in [3.8, 4) is 0 Å². The maximum Gasteiger partial charge on any atom is 0.242 e. The molecule has 1 rings (SSSR count). The minimum Gasteiger partial charge on any atom is -0.327 e. The Morgan fingerprint density at radius 1 is 1.42 bits per heavy atom. The number of nitrogens with two attached hydrogens (primary N) is 1. The summed E-state index contributed by atoms with van der Waals surface area (Å²) in [5.41, 5.74) is 5.80. The molecule has 0 heterocycles. The fourth-order valence-corrected chi connectivity index (χ4v) is 3.30. The van der Waals surface area contributed by atoms with Gasteiger partial charge in [0.2, 0.25) is 10.0 Å². The van der Waals surface area contributed by atoms with Crippen molar-refractivity contribution in [2.24, 2.45) is 11.7 Å². The van der Waals surface area contributed by atoms with Crippen LogP contribution in [0, 0.1) is 11.7 Å². The van der Waals surface area contributed by atoms with E-state index in [1.807, 2.05) is 13.8 Å². The van der Waals surface area contributed by atoms with Gasteiger partial charge in [0.1, 0.15) is 10.7 Å². The monoisotopic (exact) mass is 308 g/mol. The Labute approximate surface area is 118 Å². The summed E-state index contributed by atoms with van der Waals surface area (Å²) in [6.45, 7) is 4.13. The Balaban J connectivity index is 2.76. The van der Waals surface area contributed by atoms with Gasteiger partial charge in [0.05, 0.1) is 5.02 Å². The highest BCUT2D eigenvalue weighted by atomic mass is 35.5. The molecule has 19 heavy (non-hydrogen) atoms. The average molecular weight is 309 g/mol. The van der Waals surface area contributed by atoms with Crippen LogP contribution in [0.1, 0.15) is 20.3 Å². The first-order valence-corrected chi connectivity index (χ1v) is 7.79. The molecule has 4 nitrogen and oxygen atoms in total. The molecule has 1 aromatic carbocycles. The summed E-state index contributed by atoms with van der Waals surface area (Å²) in [7, 11) is -3.77. The summed E-state index contributed by atoms with van der Waals surface area (Å²) < 4.78 is 39.2. The third-order valence-corrected chi connectivity index (χ3v) is 4.40. The summed E-state index contributed by atoms with van der Waals surface area (Å²) in [5, 5.41) is -0.148. The van der Waals surface area contributed by atoms with E-state index in [1.165, 1.54) is 0 Å². The van der Waals surface area contributed by atoms with E-state index >= 15 is 0 Å². The predicted molar refractivity (Wildman–Crippen MR) is 74.0 cm³/mol. The molecule has 3 N–H and O–H groups in total. The molecule has 1 aromatic rings. The minimum absolute atomic E-state index is 0.119. The molecule has 0 saturated heterocycles. The van der Waals surface area contributed by atoms with Gasteiger partial charge in [0.15, 0.2) is 0 Å². The first kappa shape index (κ1) is 16.4. The zero-order valence-electron chi connectivity index (χ0n) is 10.9. The van der Waals surface area contributed by atoms with Crippen molar-refractivity contribution in [3.63, 3.8) is 0 Å². The van der Waals surface area contributed by atoms with Crippen molar-refractivity contribution in [2.75, 3.05) is 6.54 Å². The molecule has 108 valence electrons. The van der Waals surface area contributed by atoms with E-state index in [0.29, 0.717) is 12.3 Å². The molecule has 0 saturated carbocycles. The van der Waals surface area contributed by atoms with Crippen molar-refractivity contribution in [3.05, 3.63) is 29.0 Å². The SMILES string of the molecule is CC(C)CC(N)CNS(=O)(=O)c1ccc(F)cc1Cl. The molecule has 0 bridgehead atoms. The zero-order chi connectivity index (χ0) is 14.6. The van der Waals surface area contributed by atoms with Crippen molar-refractivity contribution in [1.29, 1.82) is 0 Å². The Morgan fingerprint density at radius 3 is 2.58 bits per heavy atom. The van der Waals surface area contributed by atoms with Gasteiger partial charge in [-0.1, -0.05) is 25.4 Å². The molecule has 0 aliphatic rings. The summed E-state index contributed by atoms with van der Waals surface area (Å²) in [5.74, 6) is -0.200. The number of benzene rings is 1. The van der Waals surface area contributed by atoms with Gasteiger partial charge in [-0.2, -0.15) is 0 Å². The van der Waals surface area contributed by atoms with Crippen LogP contribution in [0.5, 0.6) is 0 Å². The highest BCUT2D eigenvalue weighted by molar-refractivity contribution is 7.89. The van der Waals surface area contributed by atoms with Gasteiger partial charge in [-0.25, -0.2) is 17.5 Å². The maximum atomic E-state index is 12.9. The van der Waals surface area contributed by atoms with E-state index in [-0.39, 0.29) is 22.5 Å². The maximum absolute atomic E-state index is 12.9. The number of sulfonamides is 1. The summed E-state index contributed by atoms with van der Waals surface area (Å²) in [4.78, 5) is -0.146. The molecule has 0 aliphatic heterocycles. The van der Waals surface area contributed by atoms with Gasteiger partial charge in [0.25, 0.3) is 0 Å². The lowest BCUT2D eigenvalue weighted by molar-refractivity contribution is 0.486. The van der Waals surface area contributed by atoms with E-state index in [1.54, 1.807) is 0 Å². The fourth-order valence-electron chi connectivity index (χ4n) is 1.68. The van der Waals surface area contributed by atoms with Crippen LogP contribution in [0.25, 0.3) is 0 Å². The molecular formula is C12H18ClFN2O2S. The van der Waals surface area contributed by atoms with Crippen LogP contribution in [-0.4, -0.2) is 21.0 Å². The molecule has 0 amide bonds. The number of hydrogen-bond acceptors (Lipinski definition) is 3. The first-order chi connectivity index (χ1) is 8.72. The van der Waals surface area contributed by atoms with Crippen LogP contribution in [0.4, 0.5) is 4.39 Å². The standard InChI is InChI=1S/C12H18ClFN2O2S/c1-8(2)5-10(15)7-16-19(17,18)12-4-3-9(14)6-11(12)13/h3-4,6,8,10,16H,5,7,15H2,1-2H3. The van der Waals surface area contributed by atoms with Crippen molar-refractivity contribution in [2.45, 2.75) is 31.2 Å². The van der Waals surface area contributed by atoms with Crippen molar-refractivity contribution < 1.29 is 12.8 Å². The van der Waals surface area contributed by atoms with E-state index in [9.17, 15) is 12.8 Å². The molecule has 0 aliphatic carbocycles. The van der Waals surface area contributed by atoms with E-state index < -0.39 is 15.8 Å². The molecule has 0 aromatic heterocycles. The summed E-state index contributed by atoms with van der Waals surface area (Å²) in [6, 6.07) is 2.88. The van der Waals surface area contributed by atoms with Gasteiger partial charge in [-0.05, 0) is 30.5 Å². The molecular weight excluding hydrogens is 291 g/mol. The van der Waals surface area contributed by atoms with Gasteiger partial charge in [-0.3, -0.25) is 0 Å². The quantitative estimate of drug-likeness (QED) is 0.845. The number of halogens is 2. The minimum atomic E-state index is -3.77. The van der Waals surface area contributed by atoms with Crippen molar-refractivity contribution >= 4 is 21.6 Å². The topological polar surface area (TPSA) is 72.2 Å². The molecule has 1 unspecified atom stereocenters. The number of hydrogen-bond donors (Lipinski definition) is 2. The second kappa shape index (κ2) is 6.65. The Hall–Kier alpha value is -0.690. The molecule has 0 fully saturated rings. The lowest BCUT2D eigenvalue weighted by atomic mass is 10.1. The lowest BCUT2D eigenvalue weighted by Crippen LogP contribution is -2.38. The lowest BCUT2D eigenvalue weighted by Gasteiger charge is -2.15. The molecule has 0 spiro atoms. The van der Waals surface area contributed by atoms with Gasteiger partial charge >= 0.3 is 0 Å². The van der Waals surface area contributed by atoms with Crippen LogP contribution in [0.15, 0.2) is 23.1 Å². The smallest absolute Gasteiger partial charge is 0.242 e. The Morgan fingerprint density at radius 2 is 2.05 bits per heavy atom.